The van der Waals surface area contributed by atoms with Crippen LogP contribution >= 0.6 is 11.6 Å². The molecule has 1 atom stereocenters. The van der Waals surface area contributed by atoms with Gasteiger partial charge in [0.05, 0.1) is 23.0 Å². The first-order chi connectivity index (χ1) is 8.59. The number of hydrogen-bond acceptors (Lipinski definition) is 2. The zero-order valence-electron chi connectivity index (χ0n) is 10.6. The third kappa shape index (κ3) is 2.74. The molecule has 1 N–H and O–H groups in total. The second kappa shape index (κ2) is 5.55. The SMILES string of the molecule is Cc1ccccc1CCC(O)c1c(Cl)cnn1C. The van der Waals surface area contributed by atoms with E-state index < -0.39 is 6.10 Å². The topological polar surface area (TPSA) is 38.1 Å². The quantitative estimate of drug-likeness (QED) is 0.922. The maximum Gasteiger partial charge on any atom is 0.0974 e. The van der Waals surface area contributed by atoms with Gasteiger partial charge in [0.25, 0.3) is 0 Å². The fourth-order valence-corrected chi connectivity index (χ4v) is 2.41. The van der Waals surface area contributed by atoms with E-state index in [1.54, 1.807) is 17.9 Å². The molecule has 1 unspecified atom stereocenters. The first kappa shape index (κ1) is 13.1. The second-order valence-electron chi connectivity index (χ2n) is 4.48. The van der Waals surface area contributed by atoms with Crippen LogP contribution in [0.4, 0.5) is 0 Å². The van der Waals surface area contributed by atoms with Crippen LogP contribution in [-0.2, 0) is 13.5 Å². The van der Waals surface area contributed by atoms with Crippen LogP contribution in [0.3, 0.4) is 0 Å². The van der Waals surface area contributed by atoms with Gasteiger partial charge in [-0.25, -0.2) is 0 Å². The number of hydrogen-bond donors (Lipinski definition) is 1. The van der Waals surface area contributed by atoms with Crippen molar-refractivity contribution < 1.29 is 5.11 Å². The number of halogens is 1. The van der Waals surface area contributed by atoms with Crippen molar-refractivity contribution in [1.29, 1.82) is 0 Å². The third-order valence-corrected chi connectivity index (χ3v) is 3.49. The minimum atomic E-state index is -0.579. The Morgan fingerprint density at radius 2 is 2.11 bits per heavy atom. The van der Waals surface area contributed by atoms with E-state index in [9.17, 15) is 5.11 Å². The van der Waals surface area contributed by atoms with Crippen molar-refractivity contribution in [3.8, 4) is 0 Å². The van der Waals surface area contributed by atoms with Crippen LogP contribution in [0.15, 0.2) is 30.5 Å². The Hall–Kier alpha value is -1.32. The predicted octanol–water partition coefficient (Wildman–Crippen LogP) is 3.05. The minimum Gasteiger partial charge on any atom is -0.387 e. The highest BCUT2D eigenvalue weighted by Crippen LogP contribution is 2.25. The van der Waals surface area contributed by atoms with E-state index in [-0.39, 0.29) is 0 Å². The molecule has 4 heteroatoms. The van der Waals surface area contributed by atoms with Gasteiger partial charge in [-0.3, -0.25) is 4.68 Å². The summed E-state index contributed by atoms with van der Waals surface area (Å²) in [6.07, 6.45) is 2.46. The fraction of sp³-hybridized carbons (Fsp3) is 0.357. The largest absolute Gasteiger partial charge is 0.387 e. The van der Waals surface area contributed by atoms with Gasteiger partial charge in [-0.2, -0.15) is 5.10 Å². The molecule has 0 saturated carbocycles. The zero-order valence-corrected chi connectivity index (χ0v) is 11.4. The number of nitrogens with zero attached hydrogens (tertiary/aromatic N) is 2. The van der Waals surface area contributed by atoms with E-state index in [2.05, 4.69) is 24.2 Å². The summed E-state index contributed by atoms with van der Waals surface area (Å²) < 4.78 is 1.63. The van der Waals surface area contributed by atoms with E-state index in [1.807, 2.05) is 12.1 Å². The highest BCUT2D eigenvalue weighted by Gasteiger charge is 2.16. The lowest BCUT2D eigenvalue weighted by Crippen LogP contribution is -2.07. The van der Waals surface area contributed by atoms with Crippen molar-refractivity contribution in [3.05, 3.63) is 52.3 Å². The summed E-state index contributed by atoms with van der Waals surface area (Å²) in [5, 5.41) is 14.7. The normalized spacial score (nSPS) is 12.7. The predicted molar refractivity (Wildman–Crippen MR) is 72.7 cm³/mol. The Kier molecular flexibility index (Phi) is 4.04. The summed E-state index contributed by atoms with van der Waals surface area (Å²) in [6, 6.07) is 8.21. The second-order valence-corrected chi connectivity index (χ2v) is 4.89. The van der Waals surface area contributed by atoms with Crippen LogP contribution in [0.1, 0.15) is 29.3 Å². The summed E-state index contributed by atoms with van der Waals surface area (Å²) in [5.41, 5.74) is 3.20. The minimum absolute atomic E-state index is 0.523. The summed E-state index contributed by atoms with van der Waals surface area (Å²) in [5.74, 6) is 0. The molecule has 1 aromatic carbocycles. The van der Waals surface area contributed by atoms with Crippen LogP contribution in [0.25, 0.3) is 0 Å². The Balaban J connectivity index is 2.05. The van der Waals surface area contributed by atoms with Crippen molar-refractivity contribution in [2.45, 2.75) is 25.9 Å². The molecular formula is C14H17ClN2O. The van der Waals surface area contributed by atoms with Gasteiger partial charge in [-0.05, 0) is 30.9 Å². The average molecular weight is 265 g/mol. The van der Waals surface area contributed by atoms with Crippen molar-refractivity contribution in [3.63, 3.8) is 0 Å². The Bertz CT molecular complexity index is 517. The van der Waals surface area contributed by atoms with Gasteiger partial charge in [0.2, 0.25) is 0 Å². The number of aryl methyl sites for hydroxylation is 3. The first-order valence-corrected chi connectivity index (χ1v) is 6.37. The molecular weight excluding hydrogens is 248 g/mol. The van der Waals surface area contributed by atoms with Gasteiger partial charge < -0.3 is 5.11 Å². The molecule has 1 aromatic heterocycles. The van der Waals surface area contributed by atoms with E-state index in [0.29, 0.717) is 17.1 Å². The summed E-state index contributed by atoms with van der Waals surface area (Å²) in [4.78, 5) is 0. The van der Waals surface area contributed by atoms with Gasteiger partial charge in [0.1, 0.15) is 0 Å². The molecule has 0 amide bonds. The molecule has 0 aliphatic carbocycles. The number of aliphatic hydroxyl groups excluding tert-OH is 1. The molecule has 0 aliphatic rings. The van der Waals surface area contributed by atoms with Gasteiger partial charge in [-0.1, -0.05) is 35.9 Å². The molecule has 0 fully saturated rings. The standard InChI is InChI=1S/C14H17ClN2O/c1-10-5-3-4-6-11(10)7-8-13(18)14-12(15)9-16-17(14)2/h3-6,9,13,18H,7-8H2,1-2H3. The summed E-state index contributed by atoms with van der Waals surface area (Å²) in [7, 11) is 1.79. The van der Waals surface area contributed by atoms with Gasteiger partial charge >= 0.3 is 0 Å². The summed E-state index contributed by atoms with van der Waals surface area (Å²) in [6.45, 7) is 2.08. The molecule has 0 saturated heterocycles. The number of aromatic nitrogens is 2. The molecule has 18 heavy (non-hydrogen) atoms. The van der Waals surface area contributed by atoms with Crippen molar-refractivity contribution >= 4 is 11.6 Å². The summed E-state index contributed by atoms with van der Waals surface area (Å²) >= 11 is 6.01. The van der Waals surface area contributed by atoms with Crippen LogP contribution in [0.2, 0.25) is 5.02 Å². The number of rotatable bonds is 4. The van der Waals surface area contributed by atoms with Crippen LogP contribution in [0, 0.1) is 6.92 Å². The third-order valence-electron chi connectivity index (χ3n) is 3.20. The Morgan fingerprint density at radius 1 is 1.39 bits per heavy atom. The van der Waals surface area contributed by atoms with Crippen LogP contribution in [0.5, 0.6) is 0 Å². The van der Waals surface area contributed by atoms with E-state index in [0.717, 1.165) is 6.42 Å². The smallest absolute Gasteiger partial charge is 0.0974 e. The maximum absolute atomic E-state index is 10.2. The highest BCUT2D eigenvalue weighted by atomic mass is 35.5. The average Bonchev–Trinajstić information content (AvgIpc) is 2.68. The van der Waals surface area contributed by atoms with Crippen LogP contribution in [-0.4, -0.2) is 14.9 Å². The molecule has 2 aromatic rings. The number of aliphatic hydroxyl groups is 1. The molecule has 0 radical (unpaired) electrons. The van der Waals surface area contributed by atoms with E-state index in [1.165, 1.54) is 11.1 Å². The van der Waals surface area contributed by atoms with Crippen LogP contribution < -0.4 is 0 Å². The molecule has 0 aliphatic heterocycles. The number of benzene rings is 1. The fourth-order valence-electron chi connectivity index (χ4n) is 2.11. The van der Waals surface area contributed by atoms with Crippen molar-refractivity contribution in [2.24, 2.45) is 7.05 Å². The maximum atomic E-state index is 10.2. The molecule has 2 rings (SSSR count). The molecule has 0 bridgehead atoms. The lowest BCUT2D eigenvalue weighted by Gasteiger charge is -2.12. The first-order valence-electron chi connectivity index (χ1n) is 5.99. The lowest BCUT2D eigenvalue weighted by molar-refractivity contribution is 0.158. The molecule has 96 valence electrons. The van der Waals surface area contributed by atoms with E-state index in [4.69, 9.17) is 11.6 Å². The monoisotopic (exact) mass is 264 g/mol. The molecule has 1 heterocycles. The highest BCUT2D eigenvalue weighted by molar-refractivity contribution is 6.31. The van der Waals surface area contributed by atoms with E-state index >= 15 is 0 Å². The van der Waals surface area contributed by atoms with Gasteiger partial charge in [0, 0.05) is 7.05 Å². The Labute approximate surface area is 112 Å². The molecule has 3 nitrogen and oxygen atoms in total. The van der Waals surface area contributed by atoms with Gasteiger partial charge in [-0.15, -0.1) is 0 Å². The lowest BCUT2D eigenvalue weighted by atomic mass is 10.0. The van der Waals surface area contributed by atoms with Crippen molar-refractivity contribution in [2.75, 3.05) is 0 Å². The zero-order chi connectivity index (χ0) is 13.1. The van der Waals surface area contributed by atoms with Gasteiger partial charge in [0.15, 0.2) is 0 Å². The Morgan fingerprint density at radius 3 is 2.72 bits per heavy atom. The van der Waals surface area contributed by atoms with Crippen molar-refractivity contribution in [1.82, 2.24) is 9.78 Å². The molecule has 0 spiro atoms.